The number of fused-ring (bicyclic) bond motifs is 1. The van der Waals surface area contributed by atoms with Gasteiger partial charge in [0.05, 0.1) is 5.56 Å². The number of nitrogen functional groups attached to an aromatic ring is 1. The average molecular weight is 272 g/mol. The first kappa shape index (κ1) is 13.4. The largest absolute Gasteiger partial charge is 0.384 e. The lowest BCUT2D eigenvalue weighted by Crippen LogP contribution is -2.35. The van der Waals surface area contributed by atoms with Gasteiger partial charge in [0, 0.05) is 18.3 Å². The Labute approximate surface area is 120 Å². The van der Waals surface area contributed by atoms with Gasteiger partial charge in [-0.05, 0) is 63.5 Å². The van der Waals surface area contributed by atoms with Crippen molar-refractivity contribution in [1.29, 1.82) is 5.41 Å². The van der Waals surface area contributed by atoms with Crippen LogP contribution in [0.15, 0.2) is 6.07 Å². The quantitative estimate of drug-likeness (QED) is 0.639. The van der Waals surface area contributed by atoms with Crippen molar-refractivity contribution in [3.05, 3.63) is 22.9 Å². The number of rotatable bonds is 5. The number of nitrogens with two attached hydrogens (primary N) is 1. The Balaban J connectivity index is 2.02. The first-order valence-electron chi connectivity index (χ1n) is 7.70. The molecule has 0 aliphatic heterocycles. The maximum Gasteiger partial charge on any atom is 0.140 e. The maximum atomic E-state index is 7.88. The molecule has 3 rings (SSSR count). The summed E-state index contributed by atoms with van der Waals surface area (Å²) >= 11 is 0. The molecule has 0 unspecified atom stereocenters. The van der Waals surface area contributed by atoms with E-state index in [0.717, 1.165) is 36.7 Å². The molecule has 4 heteroatoms. The minimum absolute atomic E-state index is 0.142. The molecule has 4 nitrogen and oxygen atoms in total. The van der Waals surface area contributed by atoms with Crippen molar-refractivity contribution < 1.29 is 0 Å². The zero-order valence-corrected chi connectivity index (χ0v) is 12.4. The number of hydrogen-bond donors (Lipinski definition) is 2. The summed E-state index contributed by atoms with van der Waals surface area (Å²) in [6, 6.07) is 2.50. The summed E-state index contributed by atoms with van der Waals surface area (Å²) in [7, 11) is 0. The van der Waals surface area contributed by atoms with Crippen molar-refractivity contribution in [2.75, 3.05) is 11.4 Å². The highest BCUT2D eigenvalue weighted by atomic mass is 15.2. The van der Waals surface area contributed by atoms with Gasteiger partial charge in [-0.25, -0.2) is 4.98 Å². The third kappa shape index (κ3) is 2.51. The summed E-state index contributed by atoms with van der Waals surface area (Å²) in [6.45, 7) is 5.44. The van der Waals surface area contributed by atoms with E-state index in [2.05, 4.69) is 24.8 Å². The van der Waals surface area contributed by atoms with Gasteiger partial charge in [0.25, 0.3) is 0 Å². The molecule has 0 amide bonds. The van der Waals surface area contributed by atoms with Gasteiger partial charge in [-0.3, -0.25) is 5.41 Å². The predicted octanol–water partition coefficient (Wildman–Crippen LogP) is 2.48. The van der Waals surface area contributed by atoms with E-state index in [1.165, 1.54) is 30.5 Å². The number of nitrogens with one attached hydrogen (secondary N) is 1. The first-order chi connectivity index (χ1) is 9.56. The second kappa shape index (κ2) is 5.08. The summed E-state index contributed by atoms with van der Waals surface area (Å²) in [5.41, 5.74) is 9.13. The van der Waals surface area contributed by atoms with Crippen molar-refractivity contribution in [3.8, 4) is 0 Å². The fourth-order valence-corrected chi connectivity index (χ4v) is 3.00. The van der Waals surface area contributed by atoms with Gasteiger partial charge in [0.15, 0.2) is 0 Å². The van der Waals surface area contributed by atoms with Crippen LogP contribution in [0, 0.1) is 11.3 Å². The van der Waals surface area contributed by atoms with E-state index < -0.39 is 0 Å². The highest BCUT2D eigenvalue weighted by Gasteiger charge is 2.29. The number of anilines is 1. The minimum atomic E-state index is 0.142. The number of aromatic nitrogens is 1. The molecule has 20 heavy (non-hydrogen) atoms. The Morgan fingerprint density at radius 1 is 1.45 bits per heavy atom. The number of pyridine rings is 1. The topological polar surface area (TPSA) is 66.0 Å². The molecule has 1 heterocycles. The van der Waals surface area contributed by atoms with Gasteiger partial charge in [-0.1, -0.05) is 0 Å². The molecule has 2 aliphatic rings. The van der Waals surface area contributed by atoms with E-state index in [4.69, 9.17) is 16.1 Å². The molecule has 0 bridgehead atoms. The zero-order chi connectivity index (χ0) is 14.3. The second-order valence-electron chi connectivity index (χ2n) is 6.42. The Kier molecular flexibility index (Phi) is 3.40. The van der Waals surface area contributed by atoms with Crippen LogP contribution in [0.4, 0.5) is 5.82 Å². The van der Waals surface area contributed by atoms with Crippen LogP contribution in [0.2, 0.25) is 0 Å². The van der Waals surface area contributed by atoms with Crippen LogP contribution in [0.5, 0.6) is 0 Å². The summed E-state index contributed by atoms with van der Waals surface area (Å²) in [4.78, 5) is 7.22. The van der Waals surface area contributed by atoms with E-state index in [1.54, 1.807) is 0 Å². The van der Waals surface area contributed by atoms with Crippen molar-refractivity contribution in [2.24, 2.45) is 11.7 Å². The maximum absolute atomic E-state index is 7.88. The van der Waals surface area contributed by atoms with Crippen molar-refractivity contribution in [2.45, 2.75) is 52.0 Å². The monoisotopic (exact) mass is 272 g/mol. The summed E-state index contributed by atoms with van der Waals surface area (Å²) in [5.74, 6) is 1.87. The highest BCUT2D eigenvalue weighted by Crippen LogP contribution is 2.34. The lowest BCUT2D eigenvalue weighted by molar-refractivity contribution is 0.635. The van der Waals surface area contributed by atoms with E-state index in [0.29, 0.717) is 6.04 Å². The zero-order valence-electron chi connectivity index (χ0n) is 12.4. The third-order valence-electron chi connectivity index (χ3n) is 4.37. The van der Waals surface area contributed by atoms with Crippen LogP contribution in [0.1, 0.15) is 49.9 Å². The normalized spacial score (nSPS) is 17.4. The molecule has 0 saturated heterocycles. The summed E-state index contributed by atoms with van der Waals surface area (Å²) < 4.78 is 0. The molecule has 108 valence electrons. The Hall–Kier alpha value is -1.58. The predicted molar refractivity (Wildman–Crippen MR) is 82.5 cm³/mol. The molecule has 2 aliphatic carbocycles. The highest BCUT2D eigenvalue weighted by molar-refractivity contribution is 6.00. The van der Waals surface area contributed by atoms with Crippen LogP contribution in [-0.2, 0) is 12.8 Å². The summed E-state index contributed by atoms with van der Waals surface area (Å²) in [6.07, 6.45) is 5.96. The van der Waals surface area contributed by atoms with Crippen LogP contribution in [0.3, 0.4) is 0 Å². The Morgan fingerprint density at radius 3 is 2.80 bits per heavy atom. The number of amidine groups is 1. The van der Waals surface area contributed by atoms with Crippen LogP contribution < -0.4 is 10.6 Å². The lowest BCUT2D eigenvalue weighted by atomic mass is 10.1. The van der Waals surface area contributed by atoms with E-state index in [1.807, 2.05) is 0 Å². The van der Waals surface area contributed by atoms with Crippen molar-refractivity contribution in [1.82, 2.24) is 4.98 Å². The molecular weight excluding hydrogens is 248 g/mol. The number of nitrogens with zero attached hydrogens (tertiary/aromatic N) is 2. The van der Waals surface area contributed by atoms with Crippen LogP contribution >= 0.6 is 0 Å². The molecule has 1 aromatic rings. The van der Waals surface area contributed by atoms with Crippen molar-refractivity contribution in [3.63, 3.8) is 0 Å². The fraction of sp³-hybridized carbons (Fsp3) is 0.625. The summed E-state index contributed by atoms with van der Waals surface area (Å²) in [5, 5.41) is 7.88. The standard InChI is InChI=1S/C16H24N4/c1-10(2)20(9-11-6-7-11)16-13(15(17)18)8-12-4-3-5-14(12)19-16/h8,10-11H,3-7,9H2,1-2H3,(H3,17,18). The van der Waals surface area contributed by atoms with Gasteiger partial charge < -0.3 is 10.6 Å². The molecular formula is C16H24N4. The van der Waals surface area contributed by atoms with Gasteiger partial charge in [-0.2, -0.15) is 0 Å². The molecule has 0 aromatic carbocycles. The second-order valence-corrected chi connectivity index (χ2v) is 6.42. The third-order valence-corrected chi connectivity index (χ3v) is 4.37. The van der Waals surface area contributed by atoms with E-state index in [9.17, 15) is 0 Å². The van der Waals surface area contributed by atoms with Gasteiger partial charge in [-0.15, -0.1) is 0 Å². The molecule has 0 spiro atoms. The van der Waals surface area contributed by atoms with Crippen LogP contribution in [0.25, 0.3) is 0 Å². The Morgan fingerprint density at radius 2 is 2.20 bits per heavy atom. The molecule has 1 saturated carbocycles. The molecule has 0 atom stereocenters. The van der Waals surface area contributed by atoms with Gasteiger partial charge >= 0.3 is 0 Å². The molecule has 3 N–H and O–H groups in total. The fourth-order valence-electron chi connectivity index (χ4n) is 3.00. The smallest absolute Gasteiger partial charge is 0.140 e. The minimum Gasteiger partial charge on any atom is -0.384 e. The van der Waals surface area contributed by atoms with Gasteiger partial charge in [0.1, 0.15) is 11.7 Å². The average Bonchev–Trinajstić information content (AvgIpc) is 3.10. The number of aryl methyl sites for hydroxylation is 2. The lowest BCUT2D eigenvalue weighted by Gasteiger charge is -2.30. The van der Waals surface area contributed by atoms with Crippen LogP contribution in [-0.4, -0.2) is 23.4 Å². The molecule has 1 fully saturated rings. The first-order valence-corrected chi connectivity index (χ1v) is 7.70. The van der Waals surface area contributed by atoms with E-state index >= 15 is 0 Å². The van der Waals surface area contributed by atoms with E-state index in [-0.39, 0.29) is 5.84 Å². The number of hydrogen-bond acceptors (Lipinski definition) is 3. The Bertz CT molecular complexity index is 532. The molecule has 0 radical (unpaired) electrons. The molecule has 1 aromatic heterocycles. The van der Waals surface area contributed by atoms with Crippen molar-refractivity contribution >= 4 is 11.7 Å². The SMILES string of the molecule is CC(C)N(CC1CC1)c1nc2c(cc1C(=N)N)CCC2. The van der Waals surface area contributed by atoms with Gasteiger partial charge in [0.2, 0.25) is 0 Å².